The van der Waals surface area contributed by atoms with Crippen LogP contribution in [0.15, 0.2) is 116 Å². The SMILES string of the molecule is CCN(CC)[C@@H](C(=O)N1CCC[C@H]1c1ncc(-c2ccc(-c3ccc(-c4cnc([C@@H]5CCCN5C(=O)[C@H](Cc5cccnc5)OC(N)=O)[nH]4)cc3)cc2)[nH]1)c1ccccc1. The second-order valence-corrected chi connectivity index (χ2v) is 15.4. The van der Waals surface area contributed by atoms with Gasteiger partial charge in [0, 0.05) is 31.9 Å². The van der Waals surface area contributed by atoms with Gasteiger partial charge in [0.15, 0.2) is 6.10 Å². The lowest BCUT2D eigenvalue weighted by Gasteiger charge is -2.34. The molecule has 3 aromatic heterocycles. The van der Waals surface area contributed by atoms with E-state index in [2.05, 4.69) is 99.3 Å². The third-order valence-corrected chi connectivity index (χ3v) is 11.8. The summed E-state index contributed by atoms with van der Waals surface area (Å²) < 4.78 is 5.30. The summed E-state index contributed by atoms with van der Waals surface area (Å²) in [7, 11) is 0. The van der Waals surface area contributed by atoms with Gasteiger partial charge in [-0.15, -0.1) is 0 Å². The summed E-state index contributed by atoms with van der Waals surface area (Å²) in [6.45, 7) is 7.02. The molecule has 5 heterocycles. The van der Waals surface area contributed by atoms with Crippen LogP contribution in [0.4, 0.5) is 4.79 Å². The number of carbonyl (C=O) groups excluding carboxylic acids is 3. The van der Waals surface area contributed by atoms with E-state index in [4.69, 9.17) is 15.5 Å². The number of amides is 3. The van der Waals surface area contributed by atoms with Crippen molar-refractivity contribution in [1.82, 2.24) is 39.6 Å². The van der Waals surface area contributed by atoms with Gasteiger partial charge in [0.1, 0.15) is 17.7 Å². The van der Waals surface area contributed by atoms with Gasteiger partial charge in [-0.05, 0) is 78.2 Å². The predicted molar refractivity (Wildman–Crippen MR) is 229 cm³/mol. The maximum Gasteiger partial charge on any atom is 0.405 e. The van der Waals surface area contributed by atoms with Crippen molar-refractivity contribution >= 4 is 17.9 Å². The molecule has 13 heteroatoms. The smallest absolute Gasteiger partial charge is 0.405 e. The monoisotopic (exact) mass is 805 g/mol. The van der Waals surface area contributed by atoms with E-state index in [0.29, 0.717) is 18.9 Å². The Balaban J connectivity index is 0.924. The number of nitrogens with one attached hydrogen (secondary N) is 2. The number of carbonyl (C=O) groups is 3. The molecule has 0 bridgehead atoms. The Kier molecular flexibility index (Phi) is 12.1. The highest BCUT2D eigenvalue weighted by molar-refractivity contribution is 5.85. The zero-order chi connectivity index (χ0) is 41.6. The zero-order valence-electron chi connectivity index (χ0n) is 34.0. The van der Waals surface area contributed by atoms with Gasteiger partial charge < -0.3 is 30.2 Å². The fraction of sp³-hybridized carbons (Fsp3) is 0.319. The van der Waals surface area contributed by atoms with Gasteiger partial charge in [-0.2, -0.15) is 0 Å². The van der Waals surface area contributed by atoms with Crippen molar-refractivity contribution in [2.24, 2.45) is 5.73 Å². The predicted octanol–water partition coefficient (Wildman–Crippen LogP) is 7.65. The number of pyridine rings is 1. The molecule has 3 amide bonds. The molecule has 4 N–H and O–H groups in total. The first-order chi connectivity index (χ1) is 29.3. The molecule has 2 saturated heterocycles. The Hall–Kier alpha value is -6.60. The number of hydrogen-bond acceptors (Lipinski definition) is 8. The van der Waals surface area contributed by atoms with Gasteiger partial charge >= 0.3 is 6.09 Å². The number of aromatic amines is 2. The summed E-state index contributed by atoms with van der Waals surface area (Å²) in [6.07, 6.45) is 8.41. The molecular weight excluding hydrogens is 755 g/mol. The van der Waals surface area contributed by atoms with Crippen molar-refractivity contribution in [3.05, 3.63) is 139 Å². The zero-order valence-corrected chi connectivity index (χ0v) is 34.0. The molecule has 0 spiro atoms. The first kappa shape index (κ1) is 40.2. The van der Waals surface area contributed by atoms with E-state index in [1.807, 2.05) is 35.4 Å². The number of rotatable bonds is 14. The lowest BCUT2D eigenvalue weighted by atomic mass is 10.0. The Morgan fingerprint density at radius 1 is 0.717 bits per heavy atom. The number of imidazole rings is 2. The van der Waals surface area contributed by atoms with Crippen molar-refractivity contribution in [2.45, 2.75) is 70.2 Å². The van der Waals surface area contributed by atoms with Gasteiger partial charge in [0.05, 0.1) is 35.9 Å². The maximum absolute atomic E-state index is 14.2. The minimum atomic E-state index is -1.06. The second kappa shape index (κ2) is 18.1. The van der Waals surface area contributed by atoms with Crippen LogP contribution >= 0.6 is 0 Å². The maximum atomic E-state index is 14.2. The van der Waals surface area contributed by atoms with E-state index >= 15 is 0 Å². The molecular formula is C47H51N9O4. The average molecular weight is 806 g/mol. The molecule has 6 aromatic rings. The number of likely N-dealkylation sites (N-methyl/N-ethyl adjacent to an activating group) is 1. The molecule has 4 atom stereocenters. The van der Waals surface area contributed by atoms with Gasteiger partial charge in [-0.25, -0.2) is 14.8 Å². The Morgan fingerprint density at radius 3 is 1.75 bits per heavy atom. The van der Waals surface area contributed by atoms with Crippen molar-refractivity contribution in [3.63, 3.8) is 0 Å². The van der Waals surface area contributed by atoms with Crippen LogP contribution in [-0.4, -0.2) is 89.8 Å². The van der Waals surface area contributed by atoms with Crippen LogP contribution in [0.3, 0.4) is 0 Å². The Labute approximate surface area is 350 Å². The molecule has 0 aliphatic carbocycles. The second-order valence-electron chi connectivity index (χ2n) is 15.4. The van der Waals surface area contributed by atoms with Crippen molar-refractivity contribution in [3.8, 4) is 33.6 Å². The number of benzene rings is 3. The highest BCUT2D eigenvalue weighted by Gasteiger charge is 2.39. The summed E-state index contributed by atoms with van der Waals surface area (Å²) in [6, 6.07) is 29.7. The fourth-order valence-corrected chi connectivity index (χ4v) is 8.75. The number of nitrogens with two attached hydrogens (primary N) is 1. The third-order valence-electron chi connectivity index (χ3n) is 11.8. The van der Waals surface area contributed by atoms with Crippen LogP contribution in [0.1, 0.15) is 80.4 Å². The van der Waals surface area contributed by atoms with E-state index in [1.54, 1.807) is 29.6 Å². The summed E-state index contributed by atoms with van der Waals surface area (Å²) in [5, 5.41) is 0. The standard InChI is InChI=1S/C47H51N9O4/c1-3-54(4-2)42(36-12-6-5-7-13-36)46(58)56-26-10-15-40(56)44-51-30-38(53-44)35-22-18-33(19-23-35)32-16-20-34(21-17-32)37-29-50-43(52-37)39-14-9-25-55(39)45(57)41(60-47(48)59)27-31-11-8-24-49-28-31/h5-8,11-13,16-24,28-30,39-42H,3-4,9-10,14-15,25-27H2,1-2H3,(H2,48,59)(H,50,52)(H,51,53)/t39-,40-,41-,42+/m0/s1. The first-order valence-corrected chi connectivity index (χ1v) is 20.9. The van der Waals surface area contributed by atoms with Crippen molar-refractivity contribution < 1.29 is 19.1 Å². The van der Waals surface area contributed by atoms with Gasteiger partial charge in [0.25, 0.3) is 5.91 Å². The van der Waals surface area contributed by atoms with Crippen LogP contribution in [0.5, 0.6) is 0 Å². The molecule has 0 saturated carbocycles. The van der Waals surface area contributed by atoms with Crippen LogP contribution in [0.2, 0.25) is 0 Å². The van der Waals surface area contributed by atoms with Crippen molar-refractivity contribution in [1.29, 1.82) is 0 Å². The summed E-state index contributed by atoms with van der Waals surface area (Å²) >= 11 is 0. The molecule has 0 unspecified atom stereocenters. The molecule has 2 fully saturated rings. The molecule has 13 nitrogen and oxygen atoms in total. The van der Waals surface area contributed by atoms with Crippen LogP contribution in [0, 0.1) is 0 Å². The molecule has 2 aliphatic rings. The highest BCUT2D eigenvalue weighted by Crippen LogP contribution is 2.37. The number of primary amides is 1. The minimum Gasteiger partial charge on any atom is -0.436 e. The number of likely N-dealkylation sites (tertiary alicyclic amines) is 2. The van der Waals surface area contributed by atoms with E-state index < -0.39 is 12.2 Å². The van der Waals surface area contributed by atoms with E-state index in [0.717, 1.165) is 89.4 Å². The van der Waals surface area contributed by atoms with Gasteiger partial charge in [-0.1, -0.05) is 98.8 Å². The highest BCUT2D eigenvalue weighted by atomic mass is 16.6. The third kappa shape index (κ3) is 8.57. The topological polar surface area (TPSA) is 166 Å². The molecule has 0 radical (unpaired) electrons. The van der Waals surface area contributed by atoms with Gasteiger partial charge in [-0.3, -0.25) is 19.5 Å². The van der Waals surface area contributed by atoms with Crippen LogP contribution < -0.4 is 5.73 Å². The average Bonchev–Trinajstić information content (AvgIpc) is 4.13. The summed E-state index contributed by atoms with van der Waals surface area (Å²) in [5.74, 6) is 1.32. The number of hydrogen-bond donors (Lipinski definition) is 3. The lowest BCUT2D eigenvalue weighted by molar-refractivity contribution is -0.141. The van der Waals surface area contributed by atoms with Gasteiger partial charge in [0.2, 0.25) is 5.91 Å². The Morgan fingerprint density at radius 2 is 1.25 bits per heavy atom. The molecule has 3 aromatic carbocycles. The fourth-order valence-electron chi connectivity index (χ4n) is 8.75. The van der Waals surface area contributed by atoms with E-state index in [1.165, 1.54) is 0 Å². The van der Waals surface area contributed by atoms with Crippen LogP contribution in [-0.2, 0) is 20.7 Å². The van der Waals surface area contributed by atoms with Crippen LogP contribution in [0.25, 0.3) is 33.6 Å². The van der Waals surface area contributed by atoms with E-state index in [9.17, 15) is 14.4 Å². The summed E-state index contributed by atoms with van der Waals surface area (Å²) in [5.41, 5.74) is 13.0. The minimum absolute atomic E-state index is 0.102. The molecule has 60 heavy (non-hydrogen) atoms. The first-order valence-electron chi connectivity index (χ1n) is 20.9. The normalized spacial score (nSPS) is 17.5. The quantitative estimate of drug-likeness (QED) is 0.101. The molecule has 2 aliphatic heterocycles. The Bertz CT molecular complexity index is 2380. The number of nitrogens with zero attached hydrogens (tertiary/aromatic N) is 6. The van der Waals surface area contributed by atoms with Crippen molar-refractivity contribution in [2.75, 3.05) is 26.2 Å². The number of aromatic nitrogens is 5. The van der Waals surface area contributed by atoms with E-state index in [-0.39, 0.29) is 36.4 Å². The largest absolute Gasteiger partial charge is 0.436 e. The molecule has 308 valence electrons. The summed E-state index contributed by atoms with van der Waals surface area (Å²) in [4.78, 5) is 66.3. The number of ether oxygens (including phenoxy) is 1. The number of H-pyrrole nitrogens is 2. The lowest BCUT2D eigenvalue weighted by Crippen LogP contribution is -2.43. The molecule has 8 rings (SSSR count).